The first-order chi connectivity index (χ1) is 7.63. The molecule has 1 aromatic rings. The highest BCUT2D eigenvalue weighted by Crippen LogP contribution is 2.31. The molecular weight excluding hydrogens is 257 g/mol. The summed E-state index contributed by atoms with van der Waals surface area (Å²) in [6.07, 6.45) is -4.73. The maximum Gasteiger partial charge on any atom is 0.573 e. The summed E-state index contributed by atoms with van der Waals surface area (Å²) in [6, 6.07) is 4.89. The number of carbonyl (C=O) groups is 1. The third-order valence-corrected chi connectivity index (χ3v) is 2.78. The molecule has 0 N–H and O–H groups in total. The van der Waals surface area contributed by atoms with Gasteiger partial charge in [-0.25, -0.2) is 0 Å². The van der Waals surface area contributed by atoms with Gasteiger partial charge >= 0.3 is 6.36 Å². The summed E-state index contributed by atoms with van der Waals surface area (Å²) in [5, 5.41) is 0. The smallest absolute Gasteiger partial charge is 0.406 e. The Kier molecular flexibility index (Phi) is 3.71. The molecule has 0 amide bonds. The molecular formula is C11H10ClF3O2. The Morgan fingerprint density at radius 1 is 1.24 bits per heavy atom. The van der Waals surface area contributed by atoms with Crippen molar-refractivity contribution in [1.82, 2.24) is 0 Å². The van der Waals surface area contributed by atoms with Crippen molar-refractivity contribution in [3.8, 4) is 5.75 Å². The van der Waals surface area contributed by atoms with Crippen LogP contribution in [0.3, 0.4) is 0 Å². The first-order valence-corrected chi connectivity index (χ1v) is 5.07. The Hall–Kier alpha value is -1.23. The van der Waals surface area contributed by atoms with Gasteiger partial charge in [-0.2, -0.15) is 0 Å². The van der Waals surface area contributed by atoms with Crippen LogP contribution in [0.5, 0.6) is 5.75 Å². The SMILES string of the molecule is CC(=O)C(C)(Cl)c1ccc(OC(F)(F)F)cc1. The van der Waals surface area contributed by atoms with Crippen molar-refractivity contribution in [1.29, 1.82) is 0 Å². The Labute approximate surface area is 101 Å². The van der Waals surface area contributed by atoms with Crippen molar-refractivity contribution in [2.45, 2.75) is 25.1 Å². The number of halogens is 4. The fourth-order valence-electron chi connectivity index (χ4n) is 1.17. The lowest BCUT2D eigenvalue weighted by Crippen LogP contribution is -2.23. The second-order valence-corrected chi connectivity index (χ2v) is 4.39. The van der Waals surface area contributed by atoms with Crippen molar-refractivity contribution in [3.63, 3.8) is 0 Å². The van der Waals surface area contributed by atoms with Crippen LogP contribution in [0.25, 0.3) is 0 Å². The normalized spacial score (nSPS) is 15.2. The van der Waals surface area contributed by atoms with E-state index in [0.29, 0.717) is 5.56 Å². The van der Waals surface area contributed by atoms with Crippen LogP contribution in [-0.4, -0.2) is 12.1 Å². The van der Waals surface area contributed by atoms with Gasteiger partial charge in [-0.1, -0.05) is 12.1 Å². The van der Waals surface area contributed by atoms with E-state index in [-0.39, 0.29) is 11.5 Å². The van der Waals surface area contributed by atoms with Crippen LogP contribution in [0, 0.1) is 0 Å². The molecule has 17 heavy (non-hydrogen) atoms. The van der Waals surface area contributed by atoms with Crippen LogP contribution in [-0.2, 0) is 9.67 Å². The number of ketones is 1. The second kappa shape index (κ2) is 4.56. The number of carbonyl (C=O) groups excluding carboxylic acids is 1. The molecule has 0 radical (unpaired) electrons. The number of alkyl halides is 4. The first-order valence-electron chi connectivity index (χ1n) is 4.69. The van der Waals surface area contributed by atoms with Crippen LogP contribution in [0.1, 0.15) is 19.4 Å². The molecule has 1 unspecified atom stereocenters. The van der Waals surface area contributed by atoms with Crippen LogP contribution < -0.4 is 4.74 Å². The maximum absolute atomic E-state index is 11.9. The largest absolute Gasteiger partial charge is 0.573 e. The van der Waals surface area contributed by atoms with Gasteiger partial charge < -0.3 is 4.74 Å². The summed E-state index contributed by atoms with van der Waals surface area (Å²) in [7, 11) is 0. The van der Waals surface area contributed by atoms with Crippen LogP contribution >= 0.6 is 11.6 Å². The number of rotatable bonds is 3. The summed E-state index contributed by atoms with van der Waals surface area (Å²) in [5.74, 6) is -0.638. The zero-order valence-electron chi connectivity index (χ0n) is 9.14. The Bertz CT molecular complexity index is 410. The molecule has 94 valence electrons. The monoisotopic (exact) mass is 266 g/mol. The van der Waals surface area contributed by atoms with E-state index in [0.717, 1.165) is 12.1 Å². The summed E-state index contributed by atoms with van der Waals surface area (Å²) in [5.41, 5.74) is 0.418. The standard InChI is InChI=1S/C11H10ClF3O2/c1-7(16)10(2,12)8-3-5-9(6-4-8)17-11(13,14)15/h3-6H,1-2H3. The van der Waals surface area contributed by atoms with Gasteiger partial charge in [0, 0.05) is 0 Å². The van der Waals surface area contributed by atoms with Gasteiger partial charge in [-0.3, -0.25) is 4.79 Å². The first kappa shape index (κ1) is 13.8. The number of Topliss-reactive ketones (excluding diaryl/α,β-unsaturated/α-hetero) is 1. The van der Waals surface area contributed by atoms with Crippen LogP contribution in [0.15, 0.2) is 24.3 Å². The van der Waals surface area contributed by atoms with Gasteiger partial charge in [0.1, 0.15) is 10.6 Å². The predicted molar refractivity (Wildman–Crippen MR) is 57.0 cm³/mol. The quantitative estimate of drug-likeness (QED) is 0.781. The lowest BCUT2D eigenvalue weighted by atomic mass is 9.96. The summed E-state index contributed by atoms with van der Waals surface area (Å²) >= 11 is 5.97. The number of hydrogen-bond acceptors (Lipinski definition) is 2. The van der Waals surface area contributed by atoms with Crippen molar-refractivity contribution < 1.29 is 22.7 Å². The third-order valence-electron chi connectivity index (χ3n) is 2.29. The third kappa shape index (κ3) is 3.63. The summed E-state index contributed by atoms with van der Waals surface area (Å²) < 4.78 is 39.4. The number of hydrogen-bond donors (Lipinski definition) is 0. The molecule has 1 rings (SSSR count). The minimum absolute atomic E-state index is 0.288. The van der Waals surface area contributed by atoms with Crippen molar-refractivity contribution in [2.24, 2.45) is 0 Å². The molecule has 0 fully saturated rings. The molecule has 0 saturated carbocycles. The van der Waals surface area contributed by atoms with Crippen LogP contribution in [0.4, 0.5) is 13.2 Å². The molecule has 1 aromatic carbocycles. The van der Waals surface area contributed by atoms with E-state index in [9.17, 15) is 18.0 Å². The molecule has 0 aliphatic carbocycles. The molecule has 0 aliphatic rings. The number of ether oxygens (including phenoxy) is 1. The van der Waals surface area contributed by atoms with E-state index in [1.807, 2.05) is 0 Å². The van der Waals surface area contributed by atoms with Crippen molar-refractivity contribution in [3.05, 3.63) is 29.8 Å². The zero-order valence-corrected chi connectivity index (χ0v) is 9.89. The Morgan fingerprint density at radius 3 is 2.06 bits per heavy atom. The van der Waals surface area contributed by atoms with Gasteiger partial charge in [-0.05, 0) is 31.5 Å². The van der Waals surface area contributed by atoms with Gasteiger partial charge in [0.05, 0.1) is 0 Å². The average Bonchev–Trinajstić information content (AvgIpc) is 2.15. The second-order valence-electron chi connectivity index (χ2n) is 3.63. The van der Waals surface area contributed by atoms with E-state index in [4.69, 9.17) is 11.6 Å². The molecule has 0 spiro atoms. The topological polar surface area (TPSA) is 26.3 Å². The van der Waals surface area contributed by atoms with Crippen LogP contribution in [0.2, 0.25) is 0 Å². The Morgan fingerprint density at radius 2 is 1.71 bits per heavy atom. The maximum atomic E-state index is 11.9. The molecule has 0 bridgehead atoms. The summed E-state index contributed by atoms with van der Waals surface area (Å²) in [6.45, 7) is 2.80. The fraction of sp³-hybridized carbons (Fsp3) is 0.364. The number of benzene rings is 1. The van der Waals surface area contributed by atoms with Gasteiger partial charge in [-0.15, -0.1) is 24.8 Å². The molecule has 1 atom stereocenters. The van der Waals surface area contributed by atoms with E-state index < -0.39 is 11.2 Å². The predicted octanol–water partition coefficient (Wildman–Crippen LogP) is 3.63. The van der Waals surface area contributed by atoms with Gasteiger partial charge in [0.2, 0.25) is 0 Å². The van der Waals surface area contributed by atoms with Crippen molar-refractivity contribution in [2.75, 3.05) is 0 Å². The molecule has 0 aliphatic heterocycles. The highest BCUT2D eigenvalue weighted by molar-refractivity contribution is 6.34. The van der Waals surface area contributed by atoms with E-state index in [2.05, 4.69) is 4.74 Å². The molecule has 0 saturated heterocycles. The van der Waals surface area contributed by atoms with E-state index in [1.54, 1.807) is 0 Å². The molecule has 0 aromatic heterocycles. The van der Waals surface area contributed by atoms with E-state index >= 15 is 0 Å². The van der Waals surface area contributed by atoms with Crippen molar-refractivity contribution >= 4 is 17.4 Å². The fourth-order valence-corrected chi connectivity index (χ4v) is 1.30. The average molecular weight is 267 g/mol. The highest BCUT2D eigenvalue weighted by atomic mass is 35.5. The summed E-state index contributed by atoms with van der Waals surface area (Å²) in [4.78, 5) is 10.00. The molecule has 6 heteroatoms. The lowest BCUT2D eigenvalue weighted by molar-refractivity contribution is -0.274. The zero-order chi connectivity index (χ0) is 13.3. The lowest BCUT2D eigenvalue weighted by Gasteiger charge is -2.19. The Balaban J connectivity index is 2.93. The minimum Gasteiger partial charge on any atom is -0.406 e. The van der Waals surface area contributed by atoms with Gasteiger partial charge in [0.25, 0.3) is 0 Å². The highest BCUT2D eigenvalue weighted by Gasteiger charge is 2.32. The van der Waals surface area contributed by atoms with E-state index in [1.165, 1.54) is 26.0 Å². The molecule has 0 heterocycles. The van der Waals surface area contributed by atoms with Gasteiger partial charge in [0.15, 0.2) is 5.78 Å². The minimum atomic E-state index is -4.73. The molecule has 2 nitrogen and oxygen atoms in total.